The van der Waals surface area contributed by atoms with Gasteiger partial charge in [-0.1, -0.05) is 36.4 Å². The van der Waals surface area contributed by atoms with E-state index < -0.39 is 6.10 Å². The Bertz CT molecular complexity index is 744. The van der Waals surface area contributed by atoms with Crippen LogP contribution in [0.25, 0.3) is 11.0 Å². The lowest BCUT2D eigenvalue weighted by molar-refractivity contribution is 0.185. The third-order valence-electron chi connectivity index (χ3n) is 3.65. The van der Waals surface area contributed by atoms with Crippen molar-refractivity contribution < 1.29 is 5.11 Å². The van der Waals surface area contributed by atoms with E-state index >= 15 is 0 Å². The molecule has 3 nitrogen and oxygen atoms in total. The molecule has 0 saturated carbocycles. The van der Waals surface area contributed by atoms with Crippen molar-refractivity contribution in [1.29, 1.82) is 0 Å². The van der Waals surface area contributed by atoms with Crippen molar-refractivity contribution in [1.82, 2.24) is 9.55 Å². The monoisotopic (exact) mass is 266 g/mol. The number of aliphatic hydroxyl groups excluding tert-OH is 1. The lowest BCUT2D eigenvalue weighted by Gasteiger charge is -2.12. The Hall–Kier alpha value is -2.13. The van der Waals surface area contributed by atoms with E-state index in [4.69, 9.17) is 0 Å². The predicted molar refractivity (Wildman–Crippen MR) is 80.6 cm³/mol. The number of hydrogen-bond acceptors (Lipinski definition) is 2. The summed E-state index contributed by atoms with van der Waals surface area (Å²) in [7, 11) is 0. The van der Waals surface area contributed by atoms with Crippen molar-refractivity contribution in [2.75, 3.05) is 0 Å². The van der Waals surface area contributed by atoms with Crippen LogP contribution in [-0.2, 0) is 6.54 Å². The zero-order chi connectivity index (χ0) is 14.1. The molecule has 1 heterocycles. The van der Waals surface area contributed by atoms with Crippen molar-refractivity contribution in [3.8, 4) is 0 Å². The number of rotatable bonds is 3. The molecule has 0 aliphatic heterocycles. The number of nitrogens with zero attached hydrogens (tertiary/aromatic N) is 2. The van der Waals surface area contributed by atoms with E-state index in [1.165, 1.54) is 11.1 Å². The Kier molecular flexibility index (Phi) is 3.28. The molecule has 20 heavy (non-hydrogen) atoms. The molecule has 3 heteroatoms. The molecule has 1 aromatic heterocycles. The summed E-state index contributed by atoms with van der Waals surface area (Å²) in [6, 6.07) is 16.3. The number of fused-ring (bicyclic) bond motifs is 1. The number of aromatic nitrogens is 2. The minimum atomic E-state index is -0.577. The van der Waals surface area contributed by atoms with Crippen LogP contribution < -0.4 is 0 Å². The van der Waals surface area contributed by atoms with Gasteiger partial charge in [0, 0.05) is 6.54 Å². The second kappa shape index (κ2) is 5.10. The Balaban J connectivity index is 2.14. The third kappa shape index (κ3) is 2.21. The van der Waals surface area contributed by atoms with E-state index in [1.54, 1.807) is 6.92 Å². The third-order valence-corrected chi connectivity index (χ3v) is 3.65. The molecule has 0 radical (unpaired) electrons. The van der Waals surface area contributed by atoms with Crippen molar-refractivity contribution >= 4 is 11.0 Å². The molecule has 0 fully saturated rings. The minimum absolute atomic E-state index is 0.577. The first-order valence-electron chi connectivity index (χ1n) is 6.84. The molecule has 0 aliphatic carbocycles. The van der Waals surface area contributed by atoms with Crippen molar-refractivity contribution in [3.63, 3.8) is 0 Å². The maximum Gasteiger partial charge on any atom is 0.138 e. The van der Waals surface area contributed by atoms with Gasteiger partial charge in [-0.05, 0) is 37.1 Å². The number of para-hydroxylation sites is 2. The Morgan fingerprint density at radius 1 is 1.10 bits per heavy atom. The van der Waals surface area contributed by atoms with Gasteiger partial charge in [-0.3, -0.25) is 0 Å². The summed E-state index contributed by atoms with van der Waals surface area (Å²) in [5.74, 6) is 0.717. The van der Waals surface area contributed by atoms with E-state index in [9.17, 15) is 5.11 Å². The number of hydrogen-bond donors (Lipinski definition) is 1. The van der Waals surface area contributed by atoms with Gasteiger partial charge >= 0.3 is 0 Å². The van der Waals surface area contributed by atoms with Gasteiger partial charge in [0.15, 0.2) is 0 Å². The summed E-state index contributed by atoms with van der Waals surface area (Å²) in [5, 5.41) is 9.97. The van der Waals surface area contributed by atoms with Gasteiger partial charge in [-0.25, -0.2) is 4.98 Å². The molecular formula is C17H18N2O. The summed E-state index contributed by atoms with van der Waals surface area (Å²) in [6.07, 6.45) is -0.577. The average molecular weight is 266 g/mol. The molecule has 0 bridgehead atoms. The molecule has 1 atom stereocenters. The van der Waals surface area contributed by atoms with Gasteiger partial charge < -0.3 is 9.67 Å². The average Bonchev–Trinajstić information content (AvgIpc) is 2.81. The molecule has 102 valence electrons. The number of aryl methyl sites for hydroxylation is 1. The van der Waals surface area contributed by atoms with E-state index in [0.29, 0.717) is 0 Å². The second-order valence-corrected chi connectivity index (χ2v) is 5.15. The van der Waals surface area contributed by atoms with Crippen LogP contribution in [-0.4, -0.2) is 14.7 Å². The van der Waals surface area contributed by atoms with Gasteiger partial charge in [0.05, 0.1) is 11.0 Å². The fourth-order valence-corrected chi connectivity index (χ4v) is 2.54. The van der Waals surface area contributed by atoms with Gasteiger partial charge in [0.2, 0.25) is 0 Å². The van der Waals surface area contributed by atoms with Crippen LogP contribution in [0.15, 0.2) is 48.5 Å². The quantitative estimate of drug-likeness (QED) is 0.788. The van der Waals surface area contributed by atoms with Crippen LogP contribution in [0.2, 0.25) is 0 Å². The van der Waals surface area contributed by atoms with Gasteiger partial charge in [-0.15, -0.1) is 0 Å². The molecular weight excluding hydrogens is 248 g/mol. The van der Waals surface area contributed by atoms with Crippen molar-refractivity contribution in [3.05, 3.63) is 65.5 Å². The summed E-state index contributed by atoms with van der Waals surface area (Å²) in [5.41, 5.74) is 4.49. The highest BCUT2D eigenvalue weighted by molar-refractivity contribution is 5.76. The van der Waals surface area contributed by atoms with Crippen LogP contribution in [0.1, 0.15) is 30.0 Å². The largest absolute Gasteiger partial charge is 0.385 e. The highest BCUT2D eigenvalue weighted by atomic mass is 16.3. The predicted octanol–water partition coefficient (Wildman–Crippen LogP) is 3.45. The Labute approximate surface area is 118 Å². The van der Waals surface area contributed by atoms with E-state index in [0.717, 1.165) is 23.4 Å². The Morgan fingerprint density at radius 2 is 1.80 bits per heavy atom. The molecule has 0 spiro atoms. The maximum absolute atomic E-state index is 9.97. The topological polar surface area (TPSA) is 38.0 Å². The van der Waals surface area contributed by atoms with Crippen molar-refractivity contribution in [2.45, 2.75) is 26.5 Å². The number of aliphatic hydroxyl groups is 1. The van der Waals surface area contributed by atoms with Crippen LogP contribution in [0.4, 0.5) is 0 Å². The first-order valence-corrected chi connectivity index (χ1v) is 6.84. The Morgan fingerprint density at radius 3 is 2.55 bits per heavy atom. The molecule has 0 amide bonds. The standard InChI is InChI=1S/C17H18N2O/c1-12-7-3-4-8-14(12)11-19-16-10-6-5-9-15(16)18-17(19)13(2)20/h3-10,13,20H,11H2,1-2H3/t13-/m0/s1. The van der Waals surface area contributed by atoms with Gasteiger partial charge in [0.25, 0.3) is 0 Å². The molecule has 0 saturated heterocycles. The van der Waals surface area contributed by atoms with Crippen LogP contribution in [0.3, 0.4) is 0 Å². The summed E-state index contributed by atoms with van der Waals surface area (Å²) in [6.45, 7) is 4.60. The van der Waals surface area contributed by atoms with Crippen LogP contribution in [0.5, 0.6) is 0 Å². The molecule has 0 unspecified atom stereocenters. The lowest BCUT2D eigenvalue weighted by atomic mass is 10.1. The first-order chi connectivity index (χ1) is 9.66. The fourth-order valence-electron chi connectivity index (χ4n) is 2.54. The first kappa shape index (κ1) is 12.9. The minimum Gasteiger partial charge on any atom is -0.385 e. The lowest BCUT2D eigenvalue weighted by Crippen LogP contribution is -2.08. The molecule has 0 aliphatic rings. The summed E-state index contributed by atoms with van der Waals surface area (Å²) >= 11 is 0. The molecule has 3 rings (SSSR count). The highest BCUT2D eigenvalue weighted by Gasteiger charge is 2.15. The van der Waals surface area contributed by atoms with Gasteiger partial charge in [0.1, 0.15) is 11.9 Å². The normalized spacial score (nSPS) is 12.8. The zero-order valence-electron chi connectivity index (χ0n) is 11.7. The molecule has 1 N–H and O–H groups in total. The highest BCUT2D eigenvalue weighted by Crippen LogP contribution is 2.22. The van der Waals surface area contributed by atoms with Gasteiger partial charge in [-0.2, -0.15) is 0 Å². The maximum atomic E-state index is 9.97. The van der Waals surface area contributed by atoms with Crippen molar-refractivity contribution in [2.24, 2.45) is 0 Å². The summed E-state index contributed by atoms with van der Waals surface area (Å²) < 4.78 is 2.10. The van der Waals surface area contributed by atoms with Crippen LogP contribution >= 0.6 is 0 Å². The fraction of sp³-hybridized carbons (Fsp3) is 0.235. The van der Waals surface area contributed by atoms with E-state index in [-0.39, 0.29) is 0 Å². The zero-order valence-corrected chi connectivity index (χ0v) is 11.7. The molecule has 3 aromatic rings. The number of imidazole rings is 1. The summed E-state index contributed by atoms with van der Waals surface area (Å²) in [4.78, 5) is 4.55. The second-order valence-electron chi connectivity index (χ2n) is 5.15. The number of benzene rings is 2. The SMILES string of the molecule is Cc1ccccc1Cn1c([C@H](C)O)nc2ccccc21. The van der Waals surface area contributed by atoms with E-state index in [2.05, 4.69) is 28.6 Å². The van der Waals surface area contributed by atoms with E-state index in [1.807, 2.05) is 36.4 Å². The smallest absolute Gasteiger partial charge is 0.138 e. The molecule has 2 aromatic carbocycles. The van der Waals surface area contributed by atoms with Crippen LogP contribution in [0, 0.1) is 6.92 Å².